The highest BCUT2D eigenvalue weighted by Crippen LogP contribution is 2.46. The smallest absolute Gasteiger partial charge is 0.269 e. The zero-order chi connectivity index (χ0) is 19.8. The summed E-state index contributed by atoms with van der Waals surface area (Å²) in [5.74, 6) is 0.603. The number of nitrogens with one attached hydrogen (secondary N) is 1. The summed E-state index contributed by atoms with van der Waals surface area (Å²) < 4.78 is 1.69. The van der Waals surface area contributed by atoms with Crippen molar-refractivity contribution in [3.63, 3.8) is 0 Å². The summed E-state index contributed by atoms with van der Waals surface area (Å²) in [7, 11) is 0. The molecule has 7 nitrogen and oxygen atoms in total. The molecule has 2 heterocycles. The van der Waals surface area contributed by atoms with Crippen LogP contribution in [0, 0.1) is 17.0 Å². The molecular weight excluding hydrogens is 400 g/mol. The monoisotopic (exact) mass is 414 g/mol. The van der Waals surface area contributed by atoms with Crippen LogP contribution in [0.2, 0.25) is 5.02 Å². The van der Waals surface area contributed by atoms with Gasteiger partial charge < -0.3 is 5.32 Å². The first-order chi connectivity index (χ1) is 13.5. The van der Waals surface area contributed by atoms with Gasteiger partial charge in [0.25, 0.3) is 5.69 Å². The van der Waals surface area contributed by atoms with Crippen LogP contribution in [0.1, 0.15) is 22.1 Å². The van der Waals surface area contributed by atoms with Crippen molar-refractivity contribution >= 4 is 40.8 Å². The van der Waals surface area contributed by atoms with E-state index in [9.17, 15) is 14.9 Å². The van der Waals surface area contributed by atoms with E-state index in [2.05, 4.69) is 10.4 Å². The molecule has 0 saturated carbocycles. The Morgan fingerprint density at radius 2 is 2.04 bits per heavy atom. The highest BCUT2D eigenvalue weighted by atomic mass is 35.5. The fourth-order valence-corrected chi connectivity index (χ4v) is 4.74. The van der Waals surface area contributed by atoms with Gasteiger partial charge in [-0.3, -0.25) is 14.9 Å². The fourth-order valence-electron chi connectivity index (χ4n) is 3.23. The van der Waals surface area contributed by atoms with E-state index in [0.717, 1.165) is 16.9 Å². The van der Waals surface area contributed by atoms with Crippen molar-refractivity contribution in [3.05, 3.63) is 80.5 Å². The van der Waals surface area contributed by atoms with E-state index < -0.39 is 4.92 Å². The van der Waals surface area contributed by atoms with Gasteiger partial charge in [-0.25, -0.2) is 4.68 Å². The van der Waals surface area contributed by atoms with Crippen LogP contribution in [0.25, 0.3) is 5.69 Å². The van der Waals surface area contributed by atoms with Gasteiger partial charge in [0, 0.05) is 22.7 Å². The molecule has 4 rings (SSSR count). The molecule has 0 spiro atoms. The minimum absolute atomic E-state index is 0.0433. The number of aromatic nitrogens is 2. The molecule has 0 saturated heterocycles. The van der Waals surface area contributed by atoms with Crippen molar-refractivity contribution in [1.29, 1.82) is 0 Å². The molecule has 142 valence electrons. The summed E-state index contributed by atoms with van der Waals surface area (Å²) in [5.41, 5.74) is 2.87. The number of nitro groups is 1. The normalized spacial score (nSPS) is 16.2. The van der Waals surface area contributed by atoms with Gasteiger partial charge in [0.05, 0.1) is 27.3 Å². The predicted octanol–water partition coefficient (Wildman–Crippen LogP) is 4.52. The first-order valence-corrected chi connectivity index (χ1v) is 9.88. The number of aryl methyl sites for hydroxylation is 1. The number of anilines is 1. The second-order valence-corrected chi connectivity index (χ2v) is 7.80. The van der Waals surface area contributed by atoms with Crippen LogP contribution in [0.5, 0.6) is 0 Å². The summed E-state index contributed by atoms with van der Waals surface area (Å²) in [6, 6.07) is 13.8. The Balaban J connectivity index is 1.92. The number of benzene rings is 2. The second-order valence-electron chi connectivity index (χ2n) is 6.30. The Hall–Kier alpha value is -2.84. The van der Waals surface area contributed by atoms with E-state index in [0.29, 0.717) is 16.4 Å². The highest BCUT2D eigenvalue weighted by Gasteiger charge is 2.32. The van der Waals surface area contributed by atoms with Gasteiger partial charge in [0.15, 0.2) is 0 Å². The Bertz CT molecular complexity index is 1080. The highest BCUT2D eigenvalue weighted by molar-refractivity contribution is 8.00. The van der Waals surface area contributed by atoms with Crippen molar-refractivity contribution in [2.24, 2.45) is 0 Å². The molecule has 1 amide bonds. The number of amides is 1. The zero-order valence-corrected chi connectivity index (χ0v) is 16.3. The number of halogens is 1. The number of nitrogens with zero attached hydrogens (tertiary/aromatic N) is 3. The summed E-state index contributed by atoms with van der Waals surface area (Å²) in [5, 5.41) is 18.8. The first-order valence-electron chi connectivity index (χ1n) is 8.46. The maximum atomic E-state index is 12.4. The molecule has 9 heteroatoms. The number of hydrogen-bond acceptors (Lipinski definition) is 5. The third kappa shape index (κ3) is 3.25. The van der Waals surface area contributed by atoms with Crippen molar-refractivity contribution in [1.82, 2.24) is 9.78 Å². The van der Waals surface area contributed by atoms with Crippen molar-refractivity contribution in [3.8, 4) is 5.69 Å². The fraction of sp³-hybridized carbons (Fsp3) is 0.158. The number of carbonyl (C=O) groups is 1. The SMILES string of the molecule is Cc1nn(-c2ccccc2)c2c1[C@H](c1cc([N+](=O)[O-])ccc1Cl)SCC(=O)N2. The molecule has 1 aromatic heterocycles. The van der Waals surface area contributed by atoms with Crippen LogP contribution < -0.4 is 5.32 Å². The molecule has 1 aliphatic rings. The molecule has 1 N–H and O–H groups in total. The average Bonchev–Trinajstić information content (AvgIpc) is 2.89. The molecule has 0 fully saturated rings. The predicted molar refractivity (Wildman–Crippen MR) is 109 cm³/mol. The molecule has 1 atom stereocenters. The second kappa shape index (κ2) is 7.29. The van der Waals surface area contributed by atoms with Crippen LogP contribution in [0.3, 0.4) is 0 Å². The van der Waals surface area contributed by atoms with Gasteiger partial charge in [0.2, 0.25) is 5.91 Å². The largest absolute Gasteiger partial charge is 0.310 e. The van der Waals surface area contributed by atoms with Crippen LogP contribution >= 0.6 is 23.4 Å². The van der Waals surface area contributed by atoms with Crippen molar-refractivity contribution in [2.45, 2.75) is 12.2 Å². The molecule has 3 aromatic rings. The lowest BCUT2D eigenvalue weighted by Gasteiger charge is -2.16. The standard InChI is InChI=1S/C19H15ClN4O3S/c1-11-17-18(14-9-13(24(26)27)7-8-15(14)20)28-10-16(25)21-19(17)23(22-11)12-5-3-2-4-6-12/h2-9,18H,10H2,1H3,(H,21,25)/t18-/m0/s1. The van der Waals surface area contributed by atoms with Gasteiger partial charge in [-0.2, -0.15) is 5.10 Å². The van der Waals surface area contributed by atoms with E-state index in [1.807, 2.05) is 37.3 Å². The lowest BCUT2D eigenvalue weighted by molar-refractivity contribution is -0.384. The number of para-hydroxylation sites is 1. The number of nitro benzene ring substituents is 1. The van der Waals surface area contributed by atoms with E-state index in [4.69, 9.17) is 11.6 Å². The van der Waals surface area contributed by atoms with Crippen LogP contribution in [-0.4, -0.2) is 26.4 Å². The van der Waals surface area contributed by atoms with Crippen molar-refractivity contribution < 1.29 is 9.72 Å². The molecule has 1 aliphatic heterocycles. The van der Waals surface area contributed by atoms with Crippen molar-refractivity contribution in [2.75, 3.05) is 11.1 Å². The summed E-state index contributed by atoms with van der Waals surface area (Å²) in [6.07, 6.45) is 0. The minimum Gasteiger partial charge on any atom is -0.310 e. The summed E-state index contributed by atoms with van der Waals surface area (Å²) >= 11 is 7.77. The van der Waals surface area contributed by atoms with E-state index in [1.54, 1.807) is 4.68 Å². The number of carbonyl (C=O) groups excluding carboxylic acids is 1. The lowest BCUT2D eigenvalue weighted by Crippen LogP contribution is -2.15. The Labute approximate surface area is 169 Å². The number of non-ortho nitro benzene ring substituents is 1. The number of fused-ring (bicyclic) bond motifs is 1. The molecule has 0 bridgehead atoms. The molecule has 28 heavy (non-hydrogen) atoms. The van der Waals surface area contributed by atoms with E-state index >= 15 is 0 Å². The van der Waals surface area contributed by atoms with Crippen LogP contribution in [-0.2, 0) is 4.79 Å². The van der Waals surface area contributed by atoms with Gasteiger partial charge in [-0.15, -0.1) is 11.8 Å². The summed E-state index contributed by atoms with van der Waals surface area (Å²) in [4.78, 5) is 23.2. The van der Waals surface area contributed by atoms with Gasteiger partial charge in [0.1, 0.15) is 5.82 Å². The quantitative estimate of drug-likeness (QED) is 0.502. The first kappa shape index (κ1) is 18.5. The van der Waals surface area contributed by atoms with E-state index in [-0.39, 0.29) is 22.6 Å². The third-order valence-electron chi connectivity index (χ3n) is 4.48. The summed E-state index contributed by atoms with van der Waals surface area (Å²) in [6.45, 7) is 1.86. The molecule has 0 unspecified atom stereocenters. The zero-order valence-electron chi connectivity index (χ0n) is 14.8. The molecule has 0 radical (unpaired) electrons. The Morgan fingerprint density at radius 3 is 2.75 bits per heavy atom. The number of thioether (sulfide) groups is 1. The van der Waals surface area contributed by atoms with Gasteiger partial charge in [-0.05, 0) is 30.7 Å². The Morgan fingerprint density at radius 1 is 1.29 bits per heavy atom. The molecular formula is C19H15ClN4O3S. The van der Waals surface area contributed by atoms with Crippen LogP contribution in [0.4, 0.5) is 11.5 Å². The Kier molecular flexibility index (Phi) is 4.82. The van der Waals surface area contributed by atoms with Gasteiger partial charge in [-0.1, -0.05) is 29.8 Å². The topological polar surface area (TPSA) is 90.1 Å². The maximum absolute atomic E-state index is 12.4. The third-order valence-corrected chi connectivity index (χ3v) is 6.08. The number of hydrogen-bond donors (Lipinski definition) is 1. The van der Waals surface area contributed by atoms with Crippen LogP contribution in [0.15, 0.2) is 48.5 Å². The number of rotatable bonds is 3. The maximum Gasteiger partial charge on any atom is 0.269 e. The minimum atomic E-state index is -0.453. The van der Waals surface area contributed by atoms with Gasteiger partial charge >= 0.3 is 0 Å². The average molecular weight is 415 g/mol. The molecule has 0 aliphatic carbocycles. The molecule has 2 aromatic carbocycles. The lowest BCUT2D eigenvalue weighted by atomic mass is 10.0. The van der Waals surface area contributed by atoms with E-state index in [1.165, 1.54) is 30.0 Å².